The van der Waals surface area contributed by atoms with Crippen molar-refractivity contribution in [1.29, 1.82) is 0 Å². The summed E-state index contributed by atoms with van der Waals surface area (Å²) in [6.07, 6.45) is 0. The molecule has 0 amide bonds. The number of nitrogens with one attached hydrogen (secondary N) is 1. The first kappa shape index (κ1) is 18.5. The molecule has 1 aliphatic heterocycles. The molecule has 1 heterocycles. The zero-order chi connectivity index (χ0) is 18.6. The zero-order valence-corrected chi connectivity index (χ0v) is 14.4. The van der Waals surface area contributed by atoms with Gasteiger partial charge in [-0.3, -0.25) is 0 Å². The molecule has 1 aliphatic rings. The number of hydrogen-bond acceptors (Lipinski definition) is 6. The van der Waals surface area contributed by atoms with Crippen LogP contribution in [0.15, 0.2) is 46.9 Å². The van der Waals surface area contributed by atoms with Gasteiger partial charge in [-0.25, -0.2) is 14.0 Å². The van der Waals surface area contributed by atoms with E-state index in [2.05, 4.69) is 5.32 Å². The molecule has 1 aromatic rings. The van der Waals surface area contributed by atoms with Crippen molar-refractivity contribution in [1.82, 2.24) is 5.32 Å². The monoisotopic (exact) mass is 348 g/mol. The topological polar surface area (TPSA) is 90.6 Å². The van der Waals surface area contributed by atoms with E-state index < -0.39 is 23.7 Å². The molecule has 0 spiro atoms. The minimum absolute atomic E-state index is 0.0133. The van der Waals surface area contributed by atoms with E-state index in [1.165, 1.54) is 18.2 Å². The molecule has 25 heavy (non-hydrogen) atoms. The van der Waals surface area contributed by atoms with Crippen molar-refractivity contribution in [2.24, 2.45) is 5.73 Å². The van der Waals surface area contributed by atoms with Crippen molar-refractivity contribution < 1.29 is 23.5 Å². The normalized spacial score (nSPS) is 17.2. The van der Waals surface area contributed by atoms with Crippen LogP contribution in [0.4, 0.5) is 4.39 Å². The summed E-state index contributed by atoms with van der Waals surface area (Å²) in [7, 11) is 0. The van der Waals surface area contributed by atoms with Crippen LogP contribution in [-0.4, -0.2) is 25.2 Å². The molecule has 1 unspecified atom stereocenters. The van der Waals surface area contributed by atoms with E-state index in [0.29, 0.717) is 5.70 Å². The Morgan fingerprint density at radius 2 is 1.68 bits per heavy atom. The highest BCUT2D eigenvalue weighted by Crippen LogP contribution is 2.39. The molecule has 0 radical (unpaired) electrons. The highest BCUT2D eigenvalue weighted by Gasteiger charge is 2.39. The van der Waals surface area contributed by atoms with Gasteiger partial charge in [0.1, 0.15) is 11.6 Å². The number of benzene rings is 1. The van der Waals surface area contributed by atoms with Gasteiger partial charge in [0.2, 0.25) is 0 Å². The number of allylic oxidation sites excluding steroid dienone is 1. The van der Waals surface area contributed by atoms with Gasteiger partial charge in [-0.1, -0.05) is 18.2 Å². The number of esters is 2. The van der Waals surface area contributed by atoms with E-state index in [9.17, 15) is 14.0 Å². The maximum absolute atomic E-state index is 14.5. The number of ether oxygens (including phenoxy) is 2. The summed E-state index contributed by atoms with van der Waals surface area (Å²) in [6.45, 7) is 5.20. The van der Waals surface area contributed by atoms with Crippen LogP contribution in [0.5, 0.6) is 0 Å². The van der Waals surface area contributed by atoms with Crippen LogP contribution < -0.4 is 11.1 Å². The minimum atomic E-state index is -1.01. The Bertz CT molecular complexity index is 715. The Hall–Kier alpha value is -2.83. The van der Waals surface area contributed by atoms with Gasteiger partial charge in [0.25, 0.3) is 0 Å². The van der Waals surface area contributed by atoms with Gasteiger partial charge >= 0.3 is 11.9 Å². The lowest BCUT2D eigenvalue weighted by Gasteiger charge is -2.30. The molecule has 7 heteroatoms. The third kappa shape index (κ3) is 3.65. The number of halogens is 1. The van der Waals surface area contributed by atoms with Crippen molar-refractivity contribution in [3.05, 3.63) is 58.3 Å². The molecule has 0 aliphatic carbocycles. The Morgan fingerprint density at radius 1 is 1.12 bits per heavy atom. The average molecular weight is 348 g/mol. The smallest absolute Gasteiger partial charge is 0.338 e. The van der Waals surface area contributed by atoms with Gasteiger partial charge in [-0.05, 0) is 26.8 Å². The summed E-state index contributed by atoms with van der Waals surface area (Å²) in [4.78, 5) is 24.9. The fraction of sp³-hybridized carbons (Fsp3) is 0.333. The lowest BCUT2D eigenvalue weighted by molar-refractivity contribution is -0.139. The van der Waals surface area contributed by atoms with Crippen molar-refractivity contribution >= 4 is 11.9 Å². The van der Waals surface area contributed by atoms with Crippen LogP contribution in [-0.2, 0) is 19.1 Å². The fourth-order valence-electron chi connectivity index (χ4n) is 2.79. The Balaban J connectivity index is 2.66. The predicted octanol–water partition coefficient (Wildman–Crippen LogP) is 2.08. The van der Waals surface area contributed by atoms with Crippen LogP contribution in [0.25, 0.3) is 0 Å². The second kappa shape index (κ2) is 7.83. The van der Waals surface area contributed by atoms with E-state index in [-0.39, 0.29) is 35.7 Å². The maximum atomic E-state index is 14.5. The molecule has 0 saturated carbocycles. The standard InChI is InChI=1S/C18H21FN2O4/c1-4-24-17(22)13-10(3)21-16(20)15(18(23)25-5-2)14(13)11-8-6-7-9-12(11)19/h6-9,14,21H,4-5,20H2,1-3H3. The third-order valence-electron chi connectivity index (χ3n) is 3.80. The van der Waals surface area contributed by atoms with Crippen molar-refractivity contribution in [3.8, 4) is 0 Å². The molecule has 2 rings (SSSR count). The Kier molecular flexibility index (Phi) is 5.80. The summed E-state index contributed by atoms with van der Waals surface area (Å²) in [6, 6.07) is 5.91. The number of dihydropyridines is 1. The van der Waals surface area contributed by atoms with Crippen LogP contribution in [0.1, 0.15) is 32.3 Å². The summed E-state index contributed by atoms with van der Waals surface area (Å²) >= 11 is 0. The third-order valence-corrected chi connectivity index (χ3v) is 3.80. The Morgan fingerprint density at radius 3 is 2.24 bits per heavy atom. The largest absolute Gasteiger partial charge is 0.463 e. The predicted molar refractivity (Wildman–Crippen MR) is 89.5 cm³/mol. The summed E-state index contributed by atoms with van der Waals surface area (Å²) < 4.78 is 24.6. The van der Waals surface area contributed by atoms with E-state index in [1.54, 1.807) is 26.8 Å². The van der Waals surface area contributed by atoms with E-state index in [0.717, 1.165) is 0 Å². The zero-order valence-electron chi connectivity index (χ0n) is 14.4. The van der Waals surface area contributed by atoms with Crippen LogP contribution in [0.2, 0.25) is 0 Å². The highest BCUT2D eigenvalue weighted by molar-refractivity contribution is 5.99. The minimum Gasteiger partial charge on any atom is -0.463 e. The van der Waals surface area contributed by atoms with Crippen molar-refractivity contribution in [3.63, 3.8) is 0 Å². The molecule has 3 N–H and O–H groups in total. The van der Waals surface area contributed by atoms with Gasteiger partial charge in [0, 0.05) is 11.3 Å². The summed E-state index contributed by atoms with van der Waals surface area (Å²) in [5.41, 5.74) is 6.64. The second-order valence-electron chi connectivity index (χ2n) is 5.39. The van der Waals surface area contributed by atoms with Crippen LogP contribution >= 0.6 is 0 Å². The van der Waals surface area contributed by atoms with Gasteiger partial charge in [-0.15, -0.1) is 0 Å². The molecular formula is C18H21FN2O4. The van der Waals surface area contributed by atoms with Crippen LogP contribution in [0.3, 0.4) is 0 Å². The summed E-state index contributed by atoms with van der Waals surface area (Å²) in [5, 5.41) is 2.79. The molecular weight excluding hydrogens is 327 g/mol. The maximum Gasteiger partial charge on any atom is 0.338 e. The number of carbonyl (C=O) groups excluding carboxylic acids is 2. The van der Waals surface area contributed by atoms with Gasteiger partial charge in [0.05, 0.1) is 30.3 Å². The van der Waals surface area contributed by atoms with Crippen molar-refractivity contribution in [2.45, 2.75) is 26.7 Å². The first-order chi connectivity index (χ1) is 11.9. The molecule has 1 atom stereocenters. The molecule has 6 nitrogen and oxygen atoms in total. The molecule has 134 valence electrons. The lowest BCUT2D eigenvalue weighted by atomic mass is 9.81. The number of hydrogen-bond donors (Lipinski definition) is 2. The molecule has 0 aromatic heterocycles. The van der Waals surface area contributed by atoms with Gasteiger partial charge in [0.15, 0.2) is 0 Å². The van der Waals surface area contributed by atoms with E-state index in [1.807, 2.05) is 0 Å². The quantitative estimate of drug-likeness (QED) is 0.792. The second-order valence-corrected chi connectivity index (χ2v) is 5.39. The van der Waals surface area contributed by atoms with E-state index in [4.69, 9.17) is 15.2 Å². The first-order valence-corrected chi connectivity index (χ1v) is 7.98. The number of rotatable bonds is 5. The summed E-state index contributed by atoms with van der Waals surface area (Å²) in [5.74, 6) is -2.90. The first-order valence-electron chi connectivity index (χ1n) is 7.98. The highest BCUT2D eigenvalue weighted by atomic mass is 19.1. The van der Waals surface area contributed by atoms with Gasteiger partial charge < -0.3 is 20.5 Å². The molecule has 0 fully saturated rings. The number of carbonyl (C=O) groups is 2. The van der Waals surface area contributed by atoms with E-state index >= 15 is 0 Å². The van der Waals surface area contributed by atoms with Crippen molar-refractivity contribution in [2.75, 3.05) is 13.2 Å². The SMILES string of the molecule is CCOC(=O)C1=C(C)NC(N)=C(C(=O)OCC)C1c1ccccc1F. The molecule has 0 bridgehead atoms. The van der Waals surface area contributed by atoms with Crippen LogP contribution in [0, 0.1) is 5.82 Å². The fourth-order valence-corrected chi connectivity index (χ4v) is 2.79. The molecule has 0 saturated heterocycles. The molecule has 1 aromatic carbocycles. The Labute approximate surface area is 145 Å². The average Bonchev–Trinajstić information content (AvgIpc) is 2.54. The number of nitrogens with two attached hydrogens (primary N) is 1. The lowest BCUT2D eigenvalue weighted by Crippen LogP contribution is -2.36. The van der Waals surface area contributed by atoms with Gasteiger partial charge in [-0.2, -0.15) is 0 Å².